The van der Waals surface area contributed by atoms with Crippen LogP contribution in [-0.4, -0.2) is 130 Å². The Morgan fingerprint density at radius 3 is 2.46 bits per heavy atom. The van der Waals surface area contributed by atoms with Crippen molar-refractivity contribution < 1.29 is 58.9 Å². The summed E-state index contributed by atoms with van der Waals surface area (Å²) in [5.41, 5.74) is 5.38. The zero-order chi connectivity index (χ0) is 28.0. The fourth-order valence-corrected chi connectivity index (χ4v) is 3.84. The summed E-state index contributed by atoms with van der Waals surface area (Å²) in [6.07, 6.45) is -3.99. The van der Waals surface area contributed by atoms with Gasteiger partial charge in [-0.25, -0.2) is 0 Å². The summed E-state index contributed by atoms with van der Waals surface area (Å²) in [6, 6.07) is -2.25. The summed E-state index contributed by atoms with van der Waals surface area (Å²) in [4.78, 5) is 46.7. The molecular weight excluding hydrogens is 518 g/mol. The SMILES string of the molecule is COC(=O)CNC(=O)[C@H](CSC/C=C/CO[C@@H]1O[C@H](CO)[C@H](O)[C@H](O)[C@H]1O)NC(=O)CC[C@H](N)C(=O)O. The Morgan fingerprint density at radius 1 is 1.14 bits per heavy atom. The number of nitrogens with two attached hydrogens (primary N) is 1. The van der Waals surface area contributed by atoms with Crippen molar-refractivity contribution in [1.82, 2.24) is 10.6 Å². The molecule has 1 aliphatic rings. The molecule has 37 heavy (non-hydrogen) atoms. The first-order valence-electron chi connectivity index (χ1n) is 11.3. The molecule has 0 bridgehead atoms. The predicted octanol–water partition coefficient (Wildman–Crippen LogP) is -3.94. The monoisotopic (exact) mass is 553 g/mol. The summed E-state index contributed by atoms with van der Waals surface area (Å²) >= 11 is 1.25. The molecule has 16 heteroatoms. The van der Waals surface area contributed by atoms with E-state index in [2.05, 4.69) is 15.4 Å². The fraction of sp³-hybridized carbons (Fsp3) is 0.714. The van der Waals surface area contributed by atoms with Crippen LogP contribution in [0.25, 0.3) is 0 Å². The molecule has 1 rings (SSSR count). The number of aliphatic carboxylic acids is 1. The Kier molecular flexibility index (Phi) is 15.3. The van der Waals surface area contributed by atoms with E-state index in [-0.39, 0.29) is 25.2 Å². The van der Waals surface area contributed by atoms with Crippen LogP contribution in [0.4, 0.5) is 0 Å². The first kappa shape index (κ1) is 32.7. The van der Waals surface area contributed by atoms with Crippen LogP contribution in [0.5, 0.6) is 0 Å². The predicted molar refractivity (Wildman–Crippen MR) is 128 cm³/mol. The third-order valence-corrected chi connectivity index (χ3v) is 6.15. The van der Waals surface area contributed by atoms with E-state index in [1.807, 2.05) is 0 Å². The molecule has 9 N–H and O–H groups in total. The van der Waals surface area contributed by atoms with E-state index in [0.717, 1.165) is 7.11 Å². The Balaban J connectivity index is 2.52. The number of carbonyl (C=O) groups is 4. The highest BCUT2D eigenvalue weighted by molar-refractivity contribution is 7.99. The normalized spacial score (nSPS) is 25.3. The molecule has 0 unspecified atom stereocenters. The molecule has 7 atom stereocenters. The Hall–Kier alpha value is -2.31. The van der Waals surface area contributed by atoms with Crippen molar-refractivity contribution in [1.29, 1.82) is 0 Å². The number of carbonyl (C=O) groups excluding carboxylic acids is 3. The lowest BCUT2D eigenvalue weighted by atomic mass is 9.99. The van der Waals surface area contributed by atoms with Crippen molar-refractivity contribution in [2.45, 2.75) is 55.6 Å². The van der Waals surface area contributed by atoms with E-state index in [1.165, 1.54) is 11.8 Å². The molecule has 1 heterocycles. The average Bonchev–Trinajstić information content (AvgIpc) is 2.88. The summed E-state index contributed by atoms with van der Waals surface area (Å²) in [5.74, 6) is -2.66. The largest absolute Gasteiger partial charge is 0.480 e. The first-order chi connectivity index (χ1) is 17.5. The number of nitrogens with one attached hydrogen (secondary N) is 2. The highest BCUT2D eigenvalue weighted by Gasteiger charge is 2.43. The average molecular weight is 554 g/mol. The van der Waals surface area contributed by atoms with Crippen LogP contribution in [-0.2, 0) is 33.4 Å². The second kappa shape index (κ2) is 17.2. The number of methoxy groups -OCH3 is 1. The van der Waals surface area contributed by atoms with Crippen molar-refractivity contribution in [2.24, 2.45) is 5.73 Å². The van der Waals surface area contributed by atoms with Crippen LogP contribution >= 0.6 is 11.8 Å². The summed E-state index contributed by atoms with van der Waals surface area (Å²) < 4.78 is 15.0. The van der Waals surface area contributed by atoms with Gasteiger partial charge in [-0.2, -0.15) is 11.8 Å². The minimum Gasteiger partial charge on any atom is -0.480 e. The third kappa shape index (κ3) is 11.7. The second-order valence-corrected chi connectivity index (χ2v) is 9.01. The minimum atomic E-state index is -1.55. The van der Waals surface area contributed by atoms with E-state index in [0.29, 0.717) is 5.75 Å². The maximum Gasteiger partial charge on any atom is 0.325 e. The van der Waals surface area contributed by atoms with Crippen LogP contribution < -0.4 is 16.4 Å². The van der Waals surface area contributed by atoms with Gasteiger partial charge in [0.2, 0.25) is 11.8 Å². The van der Waals surface area contributed by atoms with Gasteiger partial charge < -0.3 is 56.1 Å². The number of carboxylic acids is 1. The van der Waals surface area contributed by atoms with Gasteiger partial charge >= 0.3 is 11.9 Å². The number of rotatable bonds is 16. The number of amides is 2. The van der Waals surface area contributed by atoms with Gasteiger partial charge in [0.25, 0.3) is 0 Å². The zero-order valence-electron chi connectivity index (χ0n) is 20.2. The van der Waals surface area contributed by atoms with Gasteiger partial charge in [0.05, 0.1) is 20.3 Å². The molecule has 1 aliphatic heterocycles. The second-order valence-electron chi connectivity index (χ2n) is 7.94. The number of hydrogen-bond donors (Lipinski definition) is 8. The van der Waals surface area contributed by atoms with Crippen molar-refractivity contribution in [2.75, 3.05) is 38.4 Å². The lowest BCUT2D eigenvalue weighted by molar-refractivity contribution is -0.298. The van der Waals surface area contributed by atoms with E-state index in [9.17, 15) is 39.6 Å². The third-order valence-electron chi connectivity index (χ3n) is 5.16. The number of esters is 1. The minimum absolute atomic E-state index is 0.0349. The fourth-order valence-electron chi connectivity index (χ4n) is 2.96. The molecule has 212 valence electrons. The maximum absolute atomic E-state index is 12.4. The number of hydrogen-bond acceptors (Lipinski definition) is 13. The molecule has 0 radical (unpaired) electrons. The topological polar surface area (TPSA) is 247 Å². The standard InChI is InChI=1S/C21H35N3O12S/c1-34-15(27)8-23-19(31)12(24-14(26)5-4-11(22)20(32)33)10-37-7-3-2-6-35-21-18(30)17(29)16(28)13(9-25)36-21/h2-3,11-13,16-18,21,25,28-30H,4-10,22H2,1H3,(H,23,31)(H,24,26)(H,32,33)/b3-2+/t11-,12-,13+,16-,17-,18+,21+/m0/s1. The lowest BCUT2D eigenvalue weighted by Crippen LogP contribution is -2.59. The Morgan fingerprint density at radius 2 is 1.84 bits per heavy atom. The van der Waals surface area contributed by atoms with Crippen molar-refractivity contribution in [3.05, 3.63) is 12.2 Å². The Bertz CT molecular complexity index is 784. The molecule has 0 spiro atoms. The summed E-state index contributed by atoms with van der Waals surface area (Å²) in [6.45, 7) is -1.01. The number of thioether (sulfide) groups is 1. The smallest absolute Gasteiger partial charge is 0.325 e. The van der Waals surface area contributed by atoms with Gasteiger partial charge in [-0.1, -0.05) is 12.2 Å². The molecule has 15 nitrogen and oxygen atoms in total. The van der Waals surface area contributed by atoms with Crippen molar-refractivity contribution in [3.63, 3.8) is 0 Å². The van der Waals surface area contributed by atoms with Crippen LogP contribution in [0, 0.1) is 0 Å². The number of carboxylic acid groups (broad SMARTS) is 1. The van der Waals surface area contributed by atoms with Crippen LogP contribution in [0.3, 0.4) is 0 Å². The number of aliphatic hydroxyl groups is 4. The molecule has 0 aromatic heterocycles. The van der Waals surface area contributed by atoms with Gasteiger partial charge in [0.15, 0.2) is 6.29 Å². The van der Waals surface area contributed by atoms with Crippen LogP contribution in [0.2, 0.25) is 0 Å². The molecule has 1 saturated heterocycles. The highest BCUT2D eigenvalue weighted by Crippen LogP contribution is 2.21. The Labute approximate surface area is 217 Å². The number of ether oxygens (including phenoxy) is 3. The highest BCUT2D eigenvalue weighted by atomic mass is 32.2. The molecule has 0 aliphatic carbocycles. The van der Waals surface area contributed by atoms with Gasteiger partial charge in [0, 0.05) is 17.9 Å². The van der Waals surface area contributed by atoms with Gasteiger partial charge in [0.1, 0.15) is 43.0 Å². The molecular formula is C21H35N3O12S. The van der Waals surface area contributed by atoms with Crippen LogP contribution in [0.15, 0.2) is 12.2 Å². The van der Waals surface area contributed by atoms with E-state index in [1.54, 1.807) is 12.2 Å². The van der Waals surface area contributed by atoms with Crippen molar-refractivity contribution in [3.8, 4) is 0 Å². The van der Waals surface area contributed by atoms with E-state index < -0.39 is 79.7 Å². The molecule has 0 saturated carbocycles. The molecule has 0 aromatic rings. The number of aliphatic hydroxyl groups excluding tert-OH is 4. The van der Waals surface area contributed by atoms with Gasteiger partial charge in [-0.3, -0.25) is 19.2 Å². The van der Waals surface area contributed by atoms with Crippen molar-refractivity contribution >= 4 is 35.5 Å². The van der Waals surface area contributed by atoms with Gasteiger partial charge in [-0.15, -0.1) is 0 Å². The molecule has 2 amide bonds. The van der Waals surface area contributed by atoms with Crippen LogP contribution in [0.1, 0.15) is 12.8 Å². The summed E-state index contributed by atoms with van der Waals surface area (Å²) in [5, 5.41) is 52.3. The quantitative estimate of drug-likeness (QED) is 0.0516. The molecule has 0 aromatic carbocycles. The summed E-state index contributed by atoms with van der Waals surface area (Å²) in [7, 11) is 1.16. The first-order valence-corrected chi connectivity index (χ1v) is 12.4. The lowest BCUT2D eigenvalue weighted by Gasteiger charge is -2.39. The van der Waals surface area contributed by atoms with Gasteiger partial charge in [-0.05, 0) is 6.42 Å². The maximum atomic E-state index is 12.4. The van der Waals surface area contributed by atoms with E-state index in [4.69, 9.17) is 20.3 Å². The van der Waals surface area contributed by atoms with E-state index >= 15 is 0 Å². The molecule has 1 fully saturated rings. The zero-order valence-corrected chi connectivity index (χ0v) is 21.0.